The second-order valence-electron chi connectivity index (χ2n) is 5.27. The fourth-order valence-electron chi connectivity index (χ4n) is 3.29. The highest BCUT2D eigenvalue weighted by molar-refractivity contribution is 6.02. The number of fused-ring (bicyclic) bond motifs is 5. The third-order valence-electron chi connectivity index (χ3n) is 4.20. The topological polar surface area (TPSA) is 23.8 Å². The Kier molecular flexibility index (Phi) is 2.37. The van der Waals surface area contributed by atoms with Gasteiger partial charge in [0.1, 0.15) is 0 Å². The largest absolute Gasteiger partial charge is 0.192 e. The van der Waals surface area contributed by atoms with Crippen molar-refractivity contribution < 1.29 is 0 Å². The highest BCUT2D eigenvalue weighted by Crippen LogP contribution is 2.39. The first-order valence-electron chi connectivity index (χ1n) is 6.91. The van der Waals surface area contributed by atoms with Crippen LogP contribution in [0, 0.1) is 11.3 Å². The molecule has 0 amide bonds. The molecule has 1 aliphatic rings. The van der Waals surface area contributed by atoms with Crippen LogP contribution in [-0.2, 0) is 12.8 Å². The van der Waals surface area contributed by atoms with Crippen LogP contribution in [0.3, 0.4) is 0 Å². The number of rotatable bonds is 0. The standard InChI is InChI=1S/C19H13N/c20-12-15-11-14-10-9-13-5-1-2-7-17(13)19(14)18-8-4-3-6-16(15)18/h1-8,11H,9-10H2. The minimum absolute atomic E-state index is 0.790. The minimum Gasteiger partial charge on any atom is -0.192 e. The Hall–Kier alpha value is -2.59. The molecular formula is C19H13N. The molecule has 1 heteroatoms. The van der Waals surface area contributed by atoms with Crippen LogP contribution in [0.5, 0.6) is 0 Å². The van der Waals surface area contributed by atoms with E-state index in [4.69, 9.17) is 0 Å². The quantitative estimate of drug-likeness (QED) is 0.581. The highest BCUT2D eigenvalue weighted by atomic mass is 14.3. The van der Waals surface area contributed by atoms with E-state index in [0.29, 0.717) is 0 Å². The number of nitrogens with zero attached hydrogens (tertiary/aromatic N) is 1. The SMILES string of the molecule is N#Cc1cc2c(c3ccccc13)-c1ccccc1CC2. The predicted molar refractivity (Wildman–Crippen MR) is 81.5 cm³/mol. The fourth-order valence-corrected chi connectivity index (χ4v) is 3.29. The molecule has 0 atom stereocenters. The average Bonchev–Trinajstić information content (AvgIpc) is 2.53. The zero-order valence-electron chi connectivity index (χ0n) is 11.1. The molecule has 94 valence electrons. The molecular weight excluding hydrogens is 242 g/mol. The number of nitriles is 1. The van der Waals surface area contributed by atoms with Gasteiger partial charge >= 0.3 is 0 Å². The molecule has 1 aliphatic carbocycles. The molecule has 1 nitrogen and oxygen atoms in total. The van der Waals surface area contributed by atoms with Gasteiger partial charge in [-0.3, -0.25) is 0 Å². The van der Waals surface area contributed by atoms with Gasteiger partial charge in [-0.2, -0.15) is 5.26 Å². The van der Waals surface area contributed by atoms with Crippen molar-refractivity contribution in [2.75, 3.05) is 0 Å². The van der Waals surface area contributed by atoms with Gasteiger partial charge in [0.05, 0.1) is 11.6 Å². The summed E-state index contributed by atoms with van der Waals surface area (Å²) in [7, 11) is 0. The first-order valence-corrected chi connectivity index (χ1v) is 6.91. The van der Waals surface area contributed by atoms with Gasteiger partial charge in [0, 0.05) is 5.39 Å². The summed E-state index contributed by atoms with van der Waals surface area (Å²) >= 11 is 0. The zero-order valence-corrected chi connectivity index (χ0v) is 11.1. The summed E-state index contributed by atoms with van der Waals surface area (Å²) in [6.07, 6.45) is 2.08. The third kappa shape index (κ3) is 1.49. The molecule has 20 heavy (non-hydrogen) atoms. The Morgan fingerprint density at radius 3 is 2.35 bits per heavy atom. The summed E-state index contributed by atoms with van der Waals surface area (Å²) in [5, 5.41) is 11.6. The Morgan fingerprint density at radius 1 is 0.800 bits per heavy atom. The smallest absolute Gasteiger partial charge is 0.0998 e. The average molecular weight is 255 g/mol. The van der Waals surface area contributed by atoms with Gasteiger partial charge in [0.25, 0.3) is 0 Å². The molecule has 0 fully saturated rings. The molecule has 0 saturated carbocycles. The minimum atomic E-state index is 0.790. The van der Waals surface area contributed by atoms with Crippen LogP contribution >= 0.6 is 0 Å². The van der Waals surface area contributed by atoms with Crippen LogP contribution in [-0.4, -0.2) is 0 Å². The third-order valence-corrected chi connectivity index (χ3v) is 4.20. The normalized spacial score (nSPS) is 12.6. The van der Waals surface area contributed by atoms with Crippen LogP contribution in [0.2, 0.25) is 0 Å². The Labute approximate surface area is 118 Å². The van der Waals surface area contributed by atoms with Crippen LogP contribution < -0.4 is 0 Å². The van der Waals surface area contributed by atoms with Gasteiger partial charge in [0.15, 0.2) is 0 Å². The summed E-state index contributed by atoms with van der Waals surface area (Å²) in [5.41, 5.74) is 6.16. The van der Waals surface area contributed by atoms with Crippen molar-refractivity contribution in [3.63, 3.8) is 0 Å². The second-order valence-corrected chi connectivity index (χ2v) is 5.27. The van der Waals surface area contributed by atoms with E-state index in [0.717, 1.165) is 23.8 Å². The number of benzene rings is 3. The number of hydrogen-bond donors (Lipinski definition) is 0. The Bertz CT molecular complexity index is 869. The predicted octanol–water partition coefficient (Wildman–Crippen LogP) is 4.48. The van der Waals surface area contributed by atoms with Gasteiger partial charge in [0.2, 0.25) is 0 Å². The van der Waals surface area contributed by atoms with E-state index in [1.54, 1.807) is 0 Å². The van der Waals surface area contributed by atoms with Crippen molar-refractivity contribution in [1.82, 2.24) is 0 Å². The highest BCUT2D eigenvalue weighted by Gasteiger charge is 2.19. The van der Waals surface area contributed by atoms with Crippen LogP contribution in [0.25, 0.3) is 21.9 Å². The lowest BCUT2D eigenvalue weighted by molar-refractivity contribution is 0.944. The summed E-state index contributed by atoms with van der Waals surface area (Å²) in [6, 6.07) is 21.3. The number of hydrogen-bond acceptors (Lipinski definition) is 1. The van der Waals surface area contributed by atoms with Crippen molar-refractivity contribution in [3.05, 3.63) is 71.3 Å². The van der Waals surface area contributed by atoms with E-state index in [1.165, 1.54) is 27.6 Å². The van der Waals surface area contributed by atoms with Crippen LogP contribution in [0.1, 0.15) is 16.7 Å². The summed E-state index contributed by atoms with van der Waals surface area (Å²) in [6.45, 7) is 0. The van der Waals surface area contributed by atoms with Gasteiger partial charge in [-0.1, -0.05) is 48.5 Å². The molecule has 0 aliphatic heterocycles. The van der Waals surface area contributed by atoms with Crippen LogP contribution in [0.4, 0.5) is 0 Å². The van der Waals surface area contributed by atoms with Gasteiger partial charge in [-0.15, -0.1) is 0 Å². The lowest BCUT2D eigenvalue weighted by Gasteiger charge is -2.22. The maximum atomic E-state index is 9.38. The zero-order chi connectivity index (χ0) is 13.5. The molecule has 0 saturated heterocycles. The summed E-state index contributed by atoms with van der Waals surface area (Å²) in [5.74, 6) is 0. The van der Waals surface area contributed by atoms with Crippen LogP contribution in [0.15, 0.2) is 54.6 Å². The molecule has 4 rings (SSSR count). The first kappa shape index (κ1) is 11.3. The van der Waals surface area contributed by atoms with E-state index < -0.39 is 0 Å². The van der Waals surface area contributed by atoms with Crippen molar-refractivity contribution >= 4 is 10.8 Å². The second kappa shape index (κ2) is 4.21. The number of aryl methyl sites for hydroxylation is 2. The summed E-state index contributed by atoms with van der Waals surface area (Å²) in [4.78, 5) is 0. The van der Waals surface area contributed by atoms with Crippen molar-refractivity contribution in [3.8, 4) is 17.2 Å². The van der Waals surface area contributed by atoms with Crippen molar-refractivity contribution in [2.45, 2.75) is 12.8 Å². The van der Waals surface area contributed by atoms with Crippen molar-refractivity contribution in [2.24, 2.45) is 0 Å². The Balaban J connectivity index is 2.18. The monoisotopic (exact) mass is 255 g/mol. The molecule has 0 unspecified atom stereocenters. The Morgan fingerprint density at radius 2 is 1.50 bits per heavy atom. The van der Waals surface area contributed by atoms with E-state index in [-0.39, 0.29) is 0 Å². The van der Waals surface area contributed by atoms with Crippen molar-refractivity contribution in [1.29, 1.82) is 5.26 Å². The van der Waals surface area contributed by atoms with E-state index >= 15 is 0 Å². The van der Waals surface area contributed by atoms with E-state index in [2.05, 4.69) is 48.5 Å². The molecule has 0 spiro atoms. The molecule has 3 aromatic carbocycles. The fraction of sp³-hybridized carbons (Fsp3) is 0.105. The summed E-state index contributed by atoms with van der Waals surface area (Å²) < 4.78 is 0. The lowest BCUT2D eigenvalue weighted by atomic mass is 9.81. The molecule has 0 radical (unpaired) electrons. The molecule has 0 bridgehead atoms. The maximum absolute atomic E-state index is 9.38. The van der Waals surface area contributed by atoms with E-state index in [1.807, 2.05) is 12.1 Å². The first-order chi connectivity index (χ1) is 9.88. The van der Waals surface area contributed by atoms with Gasteiger partial charge < -0.3 is 0 Å². The maximum Gasteiger partial charge on any atom is 0.0998 e. The molecule has 0 aromatic heterocycles. The van der Waals surface area contributed by atoms with Gasteiger partial charge in [-0.25, -0.2) is 0 Å². The van der Waals surface area contributed by atoms with E-state index in [9.17, 15) is 5.26 Å². The van der Waals surface area contributed by atoms with Gasteiger partial charge in [-0.05, 0) is 46.5 Å². The molecule has 0 N–H and O–H groups in total. The molecule has 0 heterocycles. The molecule has 3 aromatic rings. The lowest BCUT2D eigenvalue weighted by Crippen LogP contribution is -2.05.